The van der Waals surface area contributed by atoms with Gasteiger partial charge in [0.15, 0.2) is 0 Å². The lowest BCUT2D eigenvalue weighted by atomic mass is 10.1. The van der Waals surface area contributed by atoms with Crippen LogP contribution < -0.4 is 10.0 Å². The normalized spacial score (nSPS) is 11.0. The van der Waals surface area contributed by atoms with E-state index < -0.39 is 21.9 Å². The Labute approximate surface area is 162 Å². The van der Waals surface area contributed by atoms with Crippen LogP contribution in [0.5, 0.6) is 0 Å². The fraction of sp³-hybridized carbons (Fsp3) is 0.222. The van der Waals surface area contributed by atoms with E-state index in [2.05, 4.69) is 10.0 Å². The number of anilines is 2. The van der Waals surface area contributed by atoms with E-state index in [-0.39, 0.29) is 22.9 Å². The van der Waals surface area contributed by atoms with Gasteiger partial charge in [0, 0.05) is 11.4 Å². The molecule has 0 fully saturated rings. The van der Waals surface area contributed by atoms with Crippen LogP contribution >= 0.6 is 11.6 Å². The molecule has 0 saturated carbocycles. The number of hydrogen-bond donors (Lipinski definition) is 2. The molecule has 27 heavy (non-hydrogen) atoms. The van der Waals surface area contributed by atoms with Gasteiger partial charge < -0.3 is 10.1 Å². The largest absolute Gasteiger partial charge is 0.462 e. The van der Waals surface area contributed by atoms with Crippen LogP contribution in [0.3, 0.4) is 0 Å². The molecule has 7 nitrogen and oxygen atoms in total. The van der Waals surface area contributed by atoms with E-state index in [0.717, 1.165) is 6.26 Å². The lowest BCUT2D eigenvalue weighted by Gasteiger charge is -2.13. The van der Waals surface area contributed by atoms with Crippen molar-refractivity contribution in [3.8, 4) is 0 Å². The van der Waals surface area contributed by atoms with Crippen molar-refractivity contribution in [1.29, 1.82) is 0 Å². The molecule has 0 aliphatic rings. The summed E-state index contributed by atoms with van der Waals surface area (Å²) in [6.07, 6.45) is 1.01. The van der Waals surface area contributed by atoms with Crippen molar-refractivity contribution >= 4 is 44.9 Å². The van der Waals surface area contributed by atoms with Gasteiger partial charge in [-0.15, -0.1) is 0 Å². The number of esters is 1. The number of ether oxygens (including phenoxy) is 1. The molecule has 0 atom stereocenters. The molecule has 2 aromatic carbocycles. The maximum atomic E-state index is 12.5. The summed E-state index contributed by atoms with van der Waals surface area (Å²) in [7, 11) is -3.45. The summed E-state index contributed by atoms with van der Waals surface area (Å²) < 4.78 is 29.8. The lowest BCUT2D eigenvalue weighted by Crippen LogP contribution is -2.16. The Bertz CT molecular complexity index is 989. The second-order valence-electron chi connectivity index (χ2n) is 5.72. The van der Waals surface area contributed by atoms with Gasteiger partial charge in [-0.25, -0.2) is 13.2 Å². The zero-order valence-electron chi connectivity index (χ0n) is 15.0. The maximum Gasteiger partial charge on any atom is 0.338 e. The summed E-state index contributed by atoms with van der Waals surface area (Å²) in [5.41, 5.74) is 1.78. The standard InChI is InChI=1S/C18H19ClN2O5S/c1-4-26-18(23)13-6-5-7-16(11(13)2)20-17(22)14-9-8-12(10-15(14)19)21-27(3,24)25/h5-10,21H,4H2,1-3H3,(H,20,22). The molecule has 1 amide bonds. The number of carbonyl (C=O) groups excluding carboxylic acids is 2. The molecular formula is C18H19ClN2O5S. The van der Waals surface area contributed by atoms with E-state index in [1.54, 1.807) is 32.0 Å². The van der Waals surface area contributed by atoms with Crippen LogP contribution in [-0.2, 0) is 14.8 Å². The zero-order chi connectivity index (χ0) is 20.2. The first kappa shape index (κ1) is 20.7. The fourth-order valence-electron chi connectivity index (χ4n) is 2.37. The Hall–Kier alpha value is -2.58. The number of sulfonamides is 1. The van der Waals surface area contributed by atoms with Gasteiger partial charge in [0.2, 0.25) is 10.0 Å². The van der Waals surface area contributed by atoms with Gasteiger partial charge in [0.1, 0.15) is 0 Å². The number of amides is 1. The Balaban J connectivity index is 2.25. The number of nitrogens with one attached hydrogen (secondary N) is 2. The van der Waals surface area contributed by atoms with Crippen molar-refractivity contribution in [2.75, 3.05) is 22.9 Å². The van der Waals surface area contributed by atoms with Crippen LogP contribution in [-0.4, -0.2) is 33.2 Å². The highest BCUT2D eigenvalue weighted by Gasteiger charge is 2.16. The minimum Gasteiger partial charge on any atom is -0.462 e. The molecule has 0 heterocycles. The minimum atomic E-state index is -3.45. The average molecular weight is 411 g/mol. The van der Waals surface area contributed by atoms with E-state index in [1.165, 1.54) is 18.2 Å². The monoisotopic (exact) mass is 410 g/mol. The summed E-state index contributed by atoms with van der Waals surface area (Å²) >= 11 is 6.11. The summed E-state index contributed by atoms with van der Waals surface area (Å²) in [4.78, 5) is 24.5. The molecule has 0 unspecified atom stereocenters. The predicted octanol–water partition coefficient (Wildman–Crippen LogP) is 3.45. The fourth-order valence-corrected chi connectivity index (χ4v) is 3.19. The second kappa shape index (κ2) is 8.41. The molecule has 0 radical (unpaired) electrons. The van der Waals surface area contributed by atoms with Gasteiger partial charge in [0.05, 0.1) is 29.0 Å². The highest BCUT2D eigenvalue weighted by molar-refractivity contribution is 7.92. The Morgan fingerprint density at radius 3 is 2.44 bits per heavy atom. The van der Waals surface area contributed by atoms with E-state index >= 15 is 0 Å². The van der Waals surface area contributed by atoms with Gasteiger partial charge in [-0.1, -0.05) is 17.7 Å². The highest BCUT2D eigenvalue weighted by atomic mass is 35.5. The first-order chi connectivity index (χ1) is 12.6. The van der Waals surface area contributed by atoms with Crippen molar-refractivity contribution in [2.45, 2.75) is 13.8 Å². The Kier molecular flexibility index (Phi) is 6.45. The van der Waals surface area contributed by atoms with Gasteiger partial charge >= 0.3 is 5.97 Å². The smallest absolute Gasteiger partial charge is 0.338 e. The lowest BCUT2D eigenvalue weighted by molar-refractivity contribution is 0.0525. The van der Waals surface area contributed by atoms with Gasteiger partial charge in [-0.2, -0.15) is 0 Å². The van der Waals surface area contributed by atoms with Crippen LogP contribution in [0.4, 0.5) is 11.4 Å². The second-order valence-corrected chi connectivity index (χ2v) is 7.88. The van der Waals surface area contributed by atoms with Crippen molar-refractivity contribution < 1.29 is 22.7 Å². The molecule has 0 saturated heterocycles. The third kappa shape index (κ3) is 5.45. The molecule has 0 spiro atoms. The molecule has 2 N–H and O–H groups in total. The number of carbonyl (C=O) groups is 2. The molecule has 0 aliphatic carbocycles. The molecule has 0 aliphatic heterocycles. The Morgan fingerprint density at radius 1 is 1.15 bits per heavy atom. The summed E-state index contributed by atoms with van der Waals surface area (Å²) in [5, 5.41) is 2.79. The third-order valence-corrected chi connectivity index (χ3v) is 4.51. The highest BCUT2D eigenvalue weighted by Crippen LogP contribution is 2.25. The average Bonchev–Trinajstić information content (AvgIpc) is 2.55. The van der Waals surface area contributed by atoms with Crippen LogP contribution in [0.1, 0.15) is 33.2 Å². The number of benzene rings is 2. The molecule has 2 rings (SSSR count). The van der Waals surface area contributed by atoms with Crippen molar-refractivity contribution in [1.82, 2.24) is 0 Å². The van der Waals surface area contributed by atoms with Crippen molar-refractivity contribution in [2.24, 2.45) is 0 Å². The van der Waals surface area contributed by atoms with Crippen LogP contribution in [0.2, 0.25) is 5.02 Å². The molecule has 144 valence electrons. The minimum absolute atomic E-state index is 0.0837. The van der Waals surface area contributed by atoms with Crippen molar-refractivity contribution in [3.05, 3.63) is 58.1 Å². The molecule has 9 heteroatoms. The zero-order valence-corrected chi connectivity index (χ0v) is 16.6. The van der Waals surface area contributed by atoms with Crippen LogP contribution in [0.15, 0.2) is 36.4 Å². The third-order valence-electron chi connectivity index (χ3n) is 3.59. The molecule has 0 aromatic heterocycles. The molecular weight excluding hydrogens is 392 g/mol. The number of hydrogen-bond acceptors (Lipinski definition) is 5. The maximum absolute atomic E-state index is 12.5. The van der Waals surface area contributed by atoms with E-state index in [0.29, 0.717) is 16.8 Å². The summed E-state index contributed by atoms with van der Waals surface area (Å²) in [6.45, 7) is 3.66. The van der Waals surface area contributed by atoms with E-state index in [9.17, 15) is 18.0 Å². The van der Waals surface area contributed by atoms with Crippen LogP contribution in [0.25, 0.3) is 0 Å². The number of rotatable bonds is 6. The number of halogens is 1. The summed E-state index contributed by atoms with van der Waals surface area (Å²) in [6, 6.07) is 9.10. The first-order valence-corrected chi connectivity index (χ1v) is 10.2. The van der Waals surface area contributed by atoms with Gasteiger partial charge in [-0.05, 0) is 49.7 Å². The predicted molar refractivity (Wildman–Crippen MR) is 105 cm³/mol. The Morgan fingerprint density at radius 2 is 1.85 bits per heavy atom. The molecule has 2 aromatic rings. The first-order valence-electron chi connectivity index (χ1n) is 7.97. The van der Waals surface area contributed by atoms with E-state index in [4.69, 9.17) is 16.3 Å². The SMILES string of the molecule is CCOC(=O)c1cccc(NC(=O)c2ccc(NS(C)(=O)=O)cc2Cl)c1C. The van der Waals surface area contributed by atoms with Gasteiger partial charge in [0.25, 0.3) is 5.91 Å². The van der Waals surface area contributed by atoms with Gasteiger partial charge in [-0.3, -0.25) is 9.52 Å². The summed E-state index contributed by atoms with van der Waals surface area (Å²) in [5.74, 6) is -0.963. The van der Waals surface area contributed by atoms with E-state index in [1.807, 2.05) is 0 Å². The van der Waals surface area contributed by atoms with Crippen molar-refractivity contribution in [3.63, 3.8) is 0 Å². The molecule has 0 bridgehead atoms. The quantitative estimate of drug-likeness (QED) is 0.710. The topological polar surface area (TPSA) is 102 Å². The van der Waals surface area contributed by atoms with Crippen LogP contribution in [0, 0.1) is 6.92 Å².